The summed E-state index contributed by atoms with van der Waals surface area (Å²) in [6.07, 6.45) is 12.1. The third-order valence-electron chi connectivity index (χ3n) is 4.32. The number of rotatable bonds is 0. The highest BCUT2D eigenvalue weighted by molar-refractivity contribution is 5.91. The fourth-order valence-corrected chi connectivity index (χ4v) is 2.92. The van der Waals surface area contributed by atoms with Crippen molar-refractivity contribution >= 4 is 11.8 Å². The molecule has 108 valence electrons. The molecule has 1 saturated carbocycles. The number of hydrogen-bond donors (Lipinski definition) is 0. The Morgan fingerprint density at radius 1 is 0.737 bits per heavy atom. The zero-order chi connectivity index (χ0) is 13.5. The molecule has 0 bridgehead atoms. The van der Waals surface area contributed by atoms with Crippen LogP contribution < -0.4 is 0 Å². The number of Topliss-reactive ketones (excluding diaryl/α,β-unsaturated/α-hetero) is 1. The van der Waals surface area contributed by atoms with Crippen LogP contribution in [0.1, 0.15) is 70.6 Å². The number of ketones is 1. The number of hydrogen-bond acceptors (Lipinski definition) is 3. The SMILES string of the molecule is O=C1CCCCCCCCCCCOC(=O)[C@@H]2C[C@@H]12. The van der Waals surface area contributed by atoms with Crippen molar-refractivity contribution in [1.82, 2.24) is 0 Å². The smallest absolute Gasteiger partial charge is 0.309 e. The number of esters is 1. The Balaban J connectivity index is 1.75. The molecule has 1 heterocycles. The Kier molecular flexibility index (Phi) is 5.87. The van der Waals surface area contributed by atoms with Gasteiger partial charge in [-0.2, -0.15) is 0 Å². The van der Waals surface area contributed by atoms with E-state index in [1.54, 1.807) is 0 Å². The van der Waals surface area contributed by atoms with E-state index in [1.807, 2.05) is 0 Å². The lowest BCUT2D eigenvalue weighted by Gasteiger charge is -2.06. The van der Waals surface area contributed by atoms with Crippen LogP contribution in [0.4, 0.5) is 0 Å². The molecule has 19 heavy (non-hydrogen) atoms. The fourth-order valence-electron chi connectivity index (χ4n) is 2.92. The summed E-state index contributed by atoms with van der Waals surface area (Å²) in [4.78, 5) is 23.6. The fraction of sp³-hybridized carbons (Fsp3) is 0.875. The highest BCUT2D eigenvalue weighted by Crippen LogP contribution is 2.41. The van der Waals surface area contributed by atoms with Crippen LogP contribution in [0, 0.1) is 11.8 Å². The van der Waals surface area contributed by atoms with Gasteiger partial charge in [-0.05, 0) is 19.3 Å². The molecule has 2 fully saturated rings. The number of ether oxygens (including phenoxy) is 1. The summed E-state index contributed by atoms with van der Waals surface area (Å²) in [6.45, 7) is 0.538. The van der Waals surface area contributed by atoms with Gasteiger partial charge in [0.1, 0.15) is 5.78 Å². The zero-order valence-corrected chi connectivity index (χ0v) is 11.9. The summed E-state index contributed by atoms with van der Waals surface area (Å²) < 4.78 is 5.25. The molecule has 0 unspecified atom stereocenters. The van der Waals surface area contributed by atoms with Crippen molar-refractivity contribution in [2.45, 2.75) is 70.6 Å². The summed E-state index contributed by atoms with van der Waals surface area (Å²) in [7, 11) is 0. The van der Waals surface area contributed by atoms with Crippen LogP contribution in [-0.4, -0.2) is 18.4 Å². The molecule has 1 aliphatic heterocycles. The third-order valence-corrected chi connectivity index (χ3v) is 4.32. The van der Waals surface area contributed by atoms with Crippen molar-refractivity contribution in [2.75, 3.05) is 6.61 Å². The molecule has 0 aromatic heterocycles. The average Bonchev–Trinajstić information content (AvgIpc) is 3.19. The number of cyclic esters (lactones) is 1. The normalized spacial score (nSPS) is 31.4. The van der Waals surface area contributed by atoms with Gasteiger partial charge in [0.15, 0.2) is 0 Å². The molecule has 2 rings (SSSR count). The van der Waals surface area contributed by atoms with Crippen molar-refractivity contribution in [3.05, 3.63) is 0 Å². The van der Waals surface area contributed by atoms with E-state index < -0.39 is 0 Å². The van der Waals surface area contributed by atoms with Gasteiger partial charge in [0.2, 0.25) is 0 Å². The number of carbonyl (C=O) groups is 2. The van der Waals surface area contributed by atoms with Gasteiger partial charge < -0.3 is 4.74 Å². The number of carbonyl (C=O) groups excluding carboxylic acids is 2. The maximum Gasteiger partial charge on any atom is 0.309 e. The van der Waals surface area contributed by atoms with Crippen LogP contribution in [0.25, 0.3) is 0 Å². The molecule has 1 saturated heterocycles. The van der Waals surface area contributed by atoms with E-state index in [9.17, 15) is 9.59 Å². The third kappa shape index (κ3) is 4.96. The average molecular weight is 266 g/mol. The zero-order valence-electron chi connectivity index (χ0n) is 11.9. The van der Waals surface area contributed by atoms with Gasteiger partial charge in [-0.1, -0.05) is 44.9 Å². The molecule has 3 nitrogen and oxygen atoms in total. The minimum absolute atomic E-state index is 0.0135. The van der Waals surface area contributed by atoms with Gasteiger partial charge in [-0.25, -0.2) is 0 Å². The van der Waals surface area contributed by atoms with Crippen LogP contribution in [0.2, 0.25) is 0 Å². The van der Waals surface area contributed by atoms with Crippen molar-refractivity contribution in [3.8, 4) is 0 Å². The van der Waals surface area contributed by atoms with Crippen LogP contribution in [-0.2, 0) is 14.3 Å². The van der Waals surface area contributed by atoms with E-state index >= 15 is 0 Å². The molecule has 0 aromatic rings. The number of fused-ring (bicyclic) bond motifs is 1. The van der Waals surface area contributed by atoms with Crippen LogP contribution in [0.3, 0.4) is 0 Å². The second kappa shape index (κ2) is 7.66. The molecule has 2 aliphatic rings. The van der Waals surface area contributed by atoms with E-state index in [1.165, 1.54) is 32.1 Å². The van der Waals surface area contributed by atoms with Crippen LogP contribution in [0.5, 0.6) is 0 Å². The highest BCUT2D eigenvalue weighted by Gasteiger charge is 2.48. The molecule has 0 N–H and O–H groups in total. The lowest BCUT2D eigenvalue weighted by atomic mass is 10.0. The van der Waals surface area contributed by atoms with Gasteiger partial charge >= 0.3 is 5.97 Å². The van der Waals surface area contributed by atoms with E-state index in [0.29, 0.717) is 13.0 Å². The van der Waals surface area contributed by atoms with Gasteiger partial charge in [0, 0.05) is 12.3 Å². The van der Waals surface area contributed by atoms with Gasteiger partial charge in [-0.15, -0.1) is 0 Å². The summed E-state index contributed by atoms with van der Waals surface area (Å²) in [5, 5.41) is 0. The van der Waals surface area contributed by atoms with Crippen molar-refractivity contribution in [3.63, 3.8) is 0 Å². The Hall–Kier alpha value is -0.860. The summed E-state index contributed by atoms with van der Waals surface area (Å²) in [5.74, 6) is 0.0281. The summed E-state index contributed by atoms with van der Waals surface area (Å²) in [6, 6.07) is 0. The van der Waals surface area contributed by atoms with E-state index in [-0.39, 0.29) is 23.6 Å². The molecule has 0 radical (unpaired) electrons. The highest BCUT2D eigenvalue weighted by atomic mass is 16.5. The van der Waals surface area contributed by atoms with Crippen molar-refractivity contribution in [1.29, 1.82) is 0 Å². The van der Waals surface area contributed by atoms with Crippen LogP contribution in [0.15, 0.2) is 0 Å². The first-order chi connectivity index (χ1) is 9.29. The largest absolute Gasteiger partial charge is 0.465 e. The molecule has 2 atom stereocenters. The predicted octanol–water partition coefficient (Wildman–Crippen LogP) is 3.65. The first-order valence-electron chi connectivity index (χ1n) is 7.98. The van der Waals surface area contributed by atoms with Crippen molar-refractivity contribution < 1.29 is 14.3 Å². The van der Waals surface area contributed by atoms with Crippen LogP contribution >= 0.6 is 0 Å². The maximum atomic E-state index is 11.9. The Bertz CT molecular complexity index is 281. The molecule has 0 aromatic carbocycles. The first-order valence-corrected chi connectivity index (χ1v) is 7.98. The molecule has 0 spiro atoms. The molecule has 0 amide bonds. The minimum Gasteiger partial charge on any atom is -0.465 e. The summed E-state index contributed by atoms with van der Waals surface area (Å²) in [5.41, 5.74) is 0. The van der Waals surface area contributed by atoms with Gasteiger partial charge in [0.25, 0.3) is 0 Å². The quantitative estimate of drug-likeness (QED) is 0.629. The predicted molar refractivity (Wildman–Crippen MR) is 73.7 cm³/mol. The molecular weight excluding hydrogens is 240 g/mol. The Morgan fingerprint density at radius 3 is 2.00 bits per heavy atom. The van der Waals surface area contributed by atoms with E-state index in [4.69, 9.17) is 4.74 Å². The Morgan fingerprint density at radius 2 is 1.32 bits per heavy atom. The second-order valence-electron chi connectivity index (χ2n) is 6.01. The standard InChI is InChI=1S/C16H26O3/c17-15-10-8-6-4-2-1-3-5-7-9-11-19-16(18)14-12-13(14)15/h13-14H,1-12H2/t13-,14-/m1/s1. The first kappa shape index (κ1) is 14.5. The lowest BCUT2D eigenvalue weighted by molar-refractivity contribution is -0.146. The van der Waals surface area contributed by atoms with E-state index in [2.05, 4.69) is 0 Å². The lowest BCUT2D eigenvalue weighted by Crippen LogP contribution is -2.12. The van der Waals surface area contributed by atoms with Gasteiger partial charge in [0.05, 0.1) is 12.5 Å². The second-order valence-corrected chi connectivity index (χ2v) is 6.01. The molecule has 1 aliphatic carbocycles. The maximum absolute atomic E-state index is 11.9. The topological polar surface area (TPSA) is 43.4 Å². The van der Waals surface area contributed by atoms with Gasteiger partial charge in [-0.3, -0.25) is 9.59 Å². The molecule has 3 heteroatoms. The van der Waals surface area contributed by atoms with E-state index in [0.717, 1.165) is 32.1 Å². The molecular formula is C16H26O3. The summed E-state index contributed by atoms with van der Waals surface area (Å²) >= 11 is 0. The Labute approximate surface area is 116 Å². The minimum atomic E-state index is -0.134. The monoisotopic (exact) mass is 266 g/mol. The van der Waals surface area contributed by atoms with Crippen molar-refractivity contribution in [2.24, 2.45) is 11.8 Å².